The Bertz CT molecular complexity index is 532. The topological polar surface area (TPSA) is 69.6 Å². The molecule has 1 fully saturated rings. The first kappa shape index (κ1) is 15.8. The van der Waals surface area contributed by atoms with Crippen LogP contribution in [0.1, 0.15) is 27.2 Å². The van der Waals surface area contributed by atoms with E-state index >= 15 is 0 Å². The predicted octanol–water partition coefficient (Wildman–Crippen LogP) is 2.73. The maximum absolute atomic E-state index is 11.3. The molecule has 1 unspecified atom stereocenters. The number of hydrogen-bond acceptors (Lipinski definition) is 4. The molecule has 7 heteroatoms. The Morgan fingerprint density at radius 1 is 1.52 bits per heavy atom. The summed E-state index contributed by atoms with van der Waals surface area (Å²) in [5, 5.41) is 17.3. The second-order valence-corrected chi connectivity index (χ2v) is 6.88. The molecule has 6 nitrogen and oxygen atoms in total. The fourth-order valence-electron chi connectivity index (χ4n) is 3.15. The van der Waals surface area contributed by atoms with E-state index in [0.717, 1.165) is 18.7 Å². The highest BCUT2D eigenvalue weighted by atomic mass is 35.5. The summed E-state index contributed by atoms with van der Waals surface area (Å²) < 4.78 is 0. The van der Waals surface area contributed by atoms with Gasteiger partial charge in [-0.3, -0.25) is 0 Å². The van der Waals surface area contributed by atoms with Crippen LogP contribution in [0.25, 0.3) is 0 Å². The van der Waals surface area contributed by atoms with E-state index in [1.807, 2.05) is 0 Å². The molecule has 116 valence electrons. The molecule has 0 radical (unpaired) electrons. The van der Waals surface area contributed by atoms with Gasteiger partial charge in [0.05, 0.1) is 24.0 Å². The summed E-state index contributed by atoms with van der Waals surface area (Å²) >= 11 is 5.93. The number of rotatable bonds is 2. The van der Waals surface area contributed by atoms with Gasteiger partial charge in [-0.15, -0.1) is 5.10 Å². The number of likely N-dealkylation sites (N-methyl/N-ethyl adjacent to an activating group) is 1. The number of amides is 1. The quantitative estimate of drug-likeness (QED) is 0.909. The Labute approximate surface area is 129 Å². The summed E-state index contributed by atoms with van der Waals surface area (Å²) in [4.78, 5) is 14.9. The number of halogens is 1. The van der Waals surface area contributed by atoms with E-state index in [-0.39, 0.29) is 17.5 Å². The van der Waals surface area contributed by atoms with Crippen molar-refractivity contribution >= 4 is 23.4 Å². The van der Waals surface area contributed by atoms with Crippen LogP contribution in [0, 0.1) is 5.41 Å². The molecule has 1 saturated heterocycles. The number of carboxylic acid groups (broad SMARTS) is 1. The molecule has 0 bridgehead atoms. The van der Waals surface area contributed by atoms with Crippen molar-refractivity contribution in [3.63, 3.8) is 0 Å². The zero-order chi connectivity index (χ0) is 15.8. The minimum atomic E-state index is -0.901. The Hall–Kier alpha value is -1.56. The SMILES string of the molecule is CN(C(=O)O)C1CCN(c2cnnc(Cl)c2)[C@@H]1C(C)(C)C. The van der Waals surface area contributed by atoms with E-state index in [4.69, 9.17) is 11.6 Å². The molecule has 1 aliphatic rings. The van der Waals surface area contributed by atoms with Crippen molar-refractivity contribution in [2.75, 3.05) is 18.5 Å². The average molecular weight is 313 g/mol. The summed E-state index contributed by atoms with van der Waals surface area (Å²) in [7, 11) is 1.63. The van der Waals surface area contributed by atoms with Crippen molar-refractivity contribution in [3.8, 4) is 0 Å². The van der Waals surface area contributed by atoms with E-state index in [1.165, 1.54) is 4.90 Å². The molecule has 0 spiro atoms. The van der Waals surface area contributed by atoms with Crippen LogP contribution in [0.5, 0.6) is 0 Å². The standard InChI is InChI=1S/C14H21ClN4O2/c1-14(2,3)12-10(18(4)13(20)21)5-6-19(12)9-7-11(15)17-16-8-9/h7-8,10,12H,5-6H2,1-4H3,(H,20,21)/t10?,12-/m0/s1. The average Bonchev–Trinajstić information content (AvgIpc) is 2.82. The van der Waals surface area contributed by atoms with Crippen LogP contribution < -0.4 is 4.90 Å². The van der Waals surface area contributed by atoms with Crippen LogP contribution in [0.15, 0.2) is 12.3 Å². The third-order valence-electron chi connectivity index (χ3n) is 3.99. The molecular formula is C14H21ClN4O2. The van der Waals surface area contributed by atoms with E-state index in [1.54, 1.807) is 19.3 Å². The van der Waals surface area contributed by atoms with Crippen LogP contribution in [0.2, 0.25) is 5.15 Å². The lowest BCUT2D eigenvalue weighted by Crippen LogP contribution is -2.52. The lowest BCUT2D eigenvalue weighted by Gasteiger charge is -2.41. The third kappa shape index (κ3) is 3.20. The lowest BCUT2D eigenvalue weighted by molar-refractivity contribution is 0.121. The number of nitrogens with zero attached hydrogens (tertiary/aromatic N) is 4. The molecule has 1 aromatic rings. The molecule has 2 rings (SSSR count). The van der Waals surface area contributed by atoms with Gasteiger partial charge in [0.1, 0.15) is 0 Å². The van der Waals surface area contributed by atoms with Gasteiger partial charge in [-0.1, -0.05) is 32.4 Å². The van der Waals surface area contributed by atoms with Gasteiger partial charge in [-0.25, -0.2) is 4.79 Å². The van der Waals surface area contributed by atoms with Crippen LogP contribution in [0.4, 0.5) is 10.5 Å². The maximum Gasteiger partial charge on any atom is 0.407 e. The molecule has 1 amide bonds. The second-order valence-electron chi connectivity index (χ2n) is 6.49. The molecule has 0 aromatic carbocycles. The zero-order valence-electron chi connectivity index (χ0n) is 12.7. The van der Waals surface area contributed by atoms with Crippen LogP contribution in [-0.2, 0) is 0 Å². The van der Waals surface area contributed by atoms with Crippen molar-refractivity contribution in [2.24, 2.45) is 5.41 Å². The van der Waals surface area contributed by atoms with Crippen LogP contribution in [0.3, 0.4) is 0 Å². The van der Waals surface area contributed by atoms with Gasteiger partial charge in [0.15, 0.2) is 5.15 Å². The summed E-state index contributed by atoms with van der Waals surface area (Å²) in [6, 6.07) is 1.77. The Balaban J connectivity index is 2.37. The van der Waals surface area contributed by atoms with Gasteiger partial charge >= 0.3 is 6.09 Å². The monoisotopic (exact) mass is 312 g/mol. The van der Waals surface area contributed by atoms with Crippen molar-refractivity contribution in [1.82, 2.24) is 15.1 Å². The summed E-state index contributed by atoms with van der Waals surface area (Å²) in [6.45, 7) is 7.13. The first-order valence-electron chi connectivity index (χ1n) is 6.92. The van der Waals surface area contributed by atoms with Crippen molar-refractivity contribution < 1.29 is 9.90 Å². The fourth-order valence-corrected chi connectivity index (χ4v) is 3.30. The summed E-state index contributed by atoms with van der Waals surface area (Å²) in [5.74, 6) is 0. The van der Waals surface area contributed by atoms with E-state index in [9.17, 15) is 9.90 Å². The minimum absolute atomic E-state index is 0.0545. The highest BCUT2D eigenvalue weighted by Crippen LogP contribution is 2.38. The largest absolute Gasteiger partial charge is 0.465 e. The van der Waals surface area contributed by atoms with Crippen molar-refractivity contribution in [3.05, 3.63) is 17.4 Å². The number of hydrogen-bond donors (Lipinski definition) is 1. The molecule has 1 aliphatic heterocycles. The zero-order valence-corrected chi connectivity index (χ0v) is 13.5. The fraction of sp³-hybridized carbons (Fsp3) is 0.643. The first-order valence-corrected chi connectivity index (χ1v) is 7.30. The molecule has 1 N–H and O–H groups in total. The van der Waals surface area contributed by atoms with Crippen LogP contribution >= 0.6 is 11.6 Å². The molecule has 2 heterocycles. The number of carbonyl (C=O) groups is 1. The second kappa shape index (κ2) is 5.67. The summed E-state index contributed by atoms with van der Waals surface area (Å²) in [6.07, 6.45) is 1.56. The maximum atomic E-state index is 11.3. The number of aromatic nitrogens is 2. The predicted molar refractivity (Wildman–Crippen MR) is 81.8 cm³/mol. The lowest BCUT2D eigenvalue weighted by atomic mass is 9.82. The normalized spacial score (nSPS) is 22.4. The van der Waals surface area contributed by atoms with E-state index in [2.05, 4.69) is 35.9 Å². The molecule has 2 atom stereocenters. The first-order chi connectivity index (χ1) is 9.71. The Morgan fingerprint density at radius 2 is 2.19 bits per heavy atom. The molecule has 21 heavy (non-hydrogen) atoms. The number of anilines is 1. The minimum Gasteiger partial charge on any atom is -0.465 e. The van der Waals surface area contributed by atoms with Gasteiger partial charge in [0.25, 0.3) is 0 Å². The molecular weight excluding hydrogens is 292 g/mol. The molecule has 0 saturated carbocycles. The Kier molecular flexibility index (Phi) is 4.27. The van der Waals surface area contributed by atoms with Gasteiger partial charge in [-0.2, -0.15) is 5.10 Å². The van der Waals surface area contributed by atoms with Gasteiger partial charge in [-0.05, 0) is 11.8 Å². The Morgan fingerprint density at radius 3 is 2.71 bits per heavy atom. The van der Waals surface area contributed by atoms with Gasteiger partial charge < -0.3 is 14.9 Å². The summed E-state index contributed by atoms with van der Waals surface area (Å²) in [5.41, 5.74) is 0.803. The smallest absolute Gasteiger partial charge is 0.407 e. The van der Waals surface area contributed by atoms with Gasteiger partial charge in [0.2, 0.25) is 0 Å². The third-order valence-corrected chi connectivity index (χ3v) is 4.18. The van der Waals surface area contributed by atoms with Crippen LogP contribution in [-0.4, -0.2) is 52.0 Å². The van der Waals surface area contributed by atoms with E-state index < -0.39 is 6.09 Å². The molecule has 0 aliphatic carbocycles. The highest BCUT2D eigenvalue weighted by Gasteiger charge is 2.44. The van der Waals surface area contributed by atoms with Gasteiger partial charge in [0, 0.05) is 19.7 Å². The van der Waals surface area contributed by atoms with E-state index in [0.29, 0.717) is 5.15 Å². The highest BCUT2D eigenvalue weighted by molar-refractivity contribution is 6.29. The molecule has 1 aromatic heterocycles. The van der Waals surface area contributed by atoms with Crippen molar-refractivity contribution in [2.45, 2.75) is 39.3 Å². The van der Waals surface area contributed by atoms with Crippen molar-refractivity contribution in [1.29, 1.82) is 0 Å².